The van der Waals surface area contributed by atoms with Gasteiger partial charge in [0.1, 0.15) is 5.82 Å². The molecule has 222 valence electrons. The number of pyridine rings is 1. The van der Waals surface area contributed by atoms with E-state index in [1.807, 2.05) is 24.7 Å². The van der Waals surface area contributed by atoms with E-state index in [1.54, 1.807) is 24.4 Å². The average molecular weight is 580 g/mol. The van der Waals surface area contributed by atoms with Gasteiger partial charge >= 0.3 is 0 Å². The third-order valence-electron chi connectivity index (χ3n) is 9.81. The third-order valence-corrected chi connectivity index (χ3v) is 9.81. The van der Waals surface area contributed by atoms with Crippen LogP contribution in [0.15, 0.2) is 73.3 Å². The van der Waals surface area contributed by atoms with Crippen LogP contribution in [0.25, 0.3) is 16.6 Å². The summed E-state index contributed by atoms with van der Waals surface area (Å²) in [5.74, 6) is -0.324. The van der Waals surface area contributed by atoms with Crippen molar-refractivity contribution in [3.05, 3.63) is 101 Å². The lowest BCUT2D eigenvalue weighted by Gasteiger charge is -2.50. The fraction of sp³-hybridized carbons (Fsp3) is 0.400. The molecule has 2 atom stereocenters. The summed E-state index contributed by atoms with van der Waals surface area (Å²) in [4.78, 5) is 19.4. The fourth-order valence-electron chi connectivity index (χ4n) is 6.96. The molecule has 1 saturated carbocycles. The molecule has 0 radical (unpaired) electrons. The van der Waals surface area contributed by atoms with Gasteiger partial charge in [0.2, 0.25) is 5.91 Å². The molecular formula is C35H38FN5O2. The number of rotatable bonds is 6. The number of piperidine rings is 2. The highest BCUT2D eigenvalue weighted by molar-refractivity contribution is 5.88. The summed E-state index contributed by atoms with van der Waals surface area (Å²) >= 11 is 0. The van der Waals surface area contributed by atoms with Gasteiger partial charge in [-0.25, -0.2) is 9.07 Å². The number of halogens is 1. The maximum Gasteiger partial charge on any atom is 0.231 e. The van der Waals surface area contributed by atoms with Crippen LogP contribution in [0.2, 0.25) is 0 Å². The van der Waals surface area contributed by atoms with Crippen molar-refractivity contribution in [1.82, 2.24) is 25.0 Å². The number of hydrogen-bond acceptors (Lipinski definition) is 5. The van der Waals surface area contributed by atoms with Crippen LogP contribution in [-0.4, -0.2) is 43.8 Å². The molecule has 4 aromatic rings. The van der Waals surface area contributed by atoms with E-state index < -0.39 is 22.8 Å². The topological polar surface area (TPSA) is 83.3 Å². The van der Waals surface area contributed by atoms with Crippen molar-refractivity contribution in [2.45, 2.75) is 69.9 Å². The molecule has 3 aliphatic rings. The molecule has 4 heterocycles. The highest BCUT2D eigenvalue weighted by atomic mass is 19.1. The van der Waals surface area contributed by atoms with Crippen molar-refractivity contribution in [2.24, 2.45) is 5.41 Å². The van der Waals surface area contributed by atoms with Gasteiger partial charge < -0.3 is 10.4 Å². The maximum atomic E-state index is 16.3. The summed E-state index contributed by atoms with van der Waals surface area (Å²) in [6, 6.07) is 13.7. The van der Waals surface area contributed by atoms with Crippen molar-refractivity contribution in [3.63, 3.8) is 0 Å². The fourth-order valence-corrected chi connectivity index (χ4v) is 6.96. The average Bonchev–Trinajstić information content (AvgIpc) is 3.72. The van der Waals surface area contributed by atoms with Crippen molar-refractivity contribution >= 4 is 16.8 Å². The maximum absolute atomic E-state index is 16.3. The Morgan fingerprint density at radius 3 is 2.60 bits per heavy atom. The molecule has 7 nitrogen and oxygen atoms in total. The molecule has 2 aromatic heterocycles. The predicted molar refractivity (Wildman–Crippen MR) is 164 cm³/mol. The quantitative estimate of drug-likeness (QED) is 0.290. The highest BCUT2D eigenvalue weighted by Gasteiger charge is 2.50. The molecule has 1 aliphatic carbocycles. The molecule has 3 fully saturated rings. The van der Waals surface area contributed by atoms with Crippen LogP contribution >= 0.6 is 0 Å². The molecule has 0 unspecified atom stereocenters. The Balaban J connectivity index is 1.09. The summed E-state index contributed by atoms with van der Waals surface area (Å²) < 4.78 is 18.2. The van der Waals surface area contributed by atoms with Gasteiger partial charge in [-0.3, -0.25) is 14.7 Å². The minimum atomic E-state index is -1.36. The van der Waals surface area contributed by atoms with Crippen LogP contribution in [0.1, 0.15) is 80.0 Å². The van der Waals surface area contributed by atoms with Gasteiger partial charge in [-0.05, 0) is 79.0 Å². The van der Waals surface area contributed by atoms with Crippen molar-refractivity contribution in [2.75, 3.05) is 13.1 Å². The Morgan fingerprint density at radius 1 is 1.09 bits per heavy atom. The molecular weight excluding hydrogens is 541 g/mol. The van der Waals surface area contributed by atoms with Crippen molar-refractivity contribution in [3.8, 4) is 5.69 Å². The summed E-state index contributed by atoms with van der Waals surface area (Å²) in [6.45, 7) is 9.85. The van der Waals surface area contributed by atoms with Gasteiger partial charge in [0.25, 0.3) is 0 Å². The molecule has 2 N–H and O–H groups in total. The zero-order valence-electron chi connectivity index (χ0n) is 24.8. The second kappa shape index (κ2) is 10.4. The van der Waals surface area contributed by atoms with E-state index in [0.717, 1.165) is 12.2 Å². The Bertz CT molecular complexity index is 1720. The van der Waals surface area contributed by atoms with Crippen LogP contribution < -0.4 is 5.32 Å². The van der Waals surface area contributed by atoms with Gasteiger partial charge in [-0.15, -0.1) is 0 Å². The van der Waals surface area contributed by atoms with Crippen molar-refractivity contribution in [1.29, 1.82) is 0 Å². The van der Waals surface area contributed by atoms with Gasteiger partial charge in [0, 0.05) is 54.1 Å². The summed E-state index contributed by atoms with van der Waals surface area (Å²) in [7, 11) is 0. The van der Waals surface area contributed by atoms with Gasteiger partial charge in [-0.2, -0.15) is 5.10 Å². The molecule has 0 bridgehead atoms. The predicted octanol–water partition coefficient (Wildman–Crippen LogP) is 6.06. The minimum Gasteiger partial charge on any atom is -0.384 e. The van der Waals surface area contributed by atoms with Crippen LogP contribution in [0.3, 0.4) is 0 Å². The minimum absolute atomic E-state index is 0.139. The lowest BCUT2D eigenvalue weighted by atomic mass is 9.66. The molecule has 2 saturated heterocycles. The number of aromatic nitrogens is 3. The van der Waals surface area contributed by atoms with E-state index in [-0.39, 0.29) is 5.91 Å². The number of allylic oxidation sites excluding steroid dienone is 1. The number of likely N-dealkylation sites (tertiary alicyclic amines) is 1. The number of amides is 1. The highest BCUT2D eigenvalue weighted by Crippen LogP contribution is 2.48. The lowest BCUT2D eigenvalue weighted by molar-refractivity contribution is -0.128. The SMILES string of the molecule is C=C1CC[C@@H](c2cnc3ccc([C@@]4(O)CCN(Cc5ccc(-n6cc(C7CC7)cn6)cc5)CC4(C)C)c(F)c3c2)C(=O)N1. The normalized spacial score (nSPS) is 24.3. The number of fused-ring (bicyclic) bond motifs is 1. The number of aliphatic hydroxyl groups is 1. The number of nitrogens with zero attached hydrogens (tertiary/aromatic N) is 4. The standard InChI is InChI=1S/C35H38FN5O2/c1-22-4-11-28(33(42)39-22)25-16-29-31(37-17-25)13-12-30(32(29)36)35(43)14-15-40(21-34(35,2)3)19-23-5-9-27(10-6-23)41-20-26(18-38-41)24-7-8-24/h5-6,9-10,12-13,16-18,20,24,28,43H,1,4,7-8,11,14-15,19,21H2,2-3H3,(H,39,42)/t28-,35-/m0/s1. The zero-order valence-corrected chi connectivity index (χ0v) is 24.8. The Kier molecular flexibility index (Phi) is 6.74. The first-order chi connectivity index (χ1) is 20.6. The second-order valence-corrected chi connectivity index (χ2v) is 13.3. The molecule has 8 heteroatoms. The summed E-state index contributed by atoms with van der Waals surface area (Å²) in [5.41, 5.74) is 3.74. The number of carbonyl (C=O) groups is 1. The molecule has 43 heavy (non-hydrogen) atoms. The first kappa shape index (κ1) is 27.9. The third kappa shape index (κ3) is 5.06. The zero-order chi connectivity index (χ0) is 29.9. The van der Waals surface area contributed by atoms with E-state index in [1.165, 1.54) is 24.0 Å². The smallest absolute Gasteiger partial charge is 0.231 e. The Morgan fingerprint density at radius 2 is 1.88 bits per heavy atom. The van der Waals surface area contributed by atoms with Gasteiger partial charge in [0.05, 0.1) is 28.9 Å². The first-order valence-corrected chi connectivity index (χ1v) is 15.3. The van der Waals surface area contributed by atoms with E-state index >= 15 is 4.39 Å². The molecule has 7 rings (SSSR count). The monoisotopic (exact) mass is 579 g/mol. The molecule has 2 aromatic carbocycles. The van der Waals surface area contributed by atoms with E-state index in [0.29, 0.717) is 66.0 Å². The van der Waals surface area contributed by atoms with Crippen LogP contribution in [0.4, 0.5) is 4.39 Å². The second-order valence-electron chi connectivity index (χ2n) is 13.3. The van der Waals surface area contributed by atoms with Gasteiger partial charge in [0.15, 0.2) is 0 Å². The van der Waals surface area contributed by atoms with Crippen LogP contribution in [0.5, 0.6) is 0 Å². The molecule has 2 aliphatic heterocycles. The summed E-state index contributed by atoms with van der Waals surface area (Å²) in [6.07, 6.45) is 9.97. The van der Waals surface area contributed by atoms with E-state index in [4.69, 9.17) is 0 Å². The molecule has 1 amide bonds. The lowest BCUT2D eigenvalue weighted by Crippen LogP contribution is -2.55. The van der Waals surface area contributed by atoms with E-state index in [9.17, 15) is 9.90 Å². The van der Waals surface area contributed by atoms with E-state index in [2.05, 4.69) is 57.3 Å². The number of benzene rings is 2. The largest absolute Gasteiger partial charge is 0.384 e. The number of nitrogens with one attached hydrogen (secondary N) is 1. The number of carbonyl (C=O) groups excluding carboxylic acids is 1. The Hall–Kier alpha value is -3.88. The molecule has 0 spiro atoms. The Labute approximate surface area is 251 Å². The van der Waals surface area contributed by atoms with Crippen LogP contribution in [-0.2, 0) is 16.9 Å². The van der Waals surface area contributed by atoms with Crippen LogP contribution in [0, 0.1) is 11.2 Å². The first-order valence-electron chi connectivity index (χ1n) is 15.3. The van der Waals surface area contributed by atoms with Gasteiger partial charge in [-0.1, -0.05) is 38.6 Å². The van der Waals surface area contributed by atoms with Crippen molar-refractivity contribution < 1.29 is 14.3 Å². The summed E-state index contributed by atoms with van der Waals surface area (Å²) in [5, 5.41) is 19.8. The number of hydrogen-bond donors (Lipinski definition) is 2.